The van der Waals surface area contributed by atoms with Gasteiger partial charge in [-0.2, -0.15) is 5.26 Å². The number of benzene rings is 1. The van der Waals surface area contributed by atoms with E-state index in [1.54, 1.807) is 18.2 Å². The van der Waals surface area contributed by atoms with Crippen molar-refractivity contribution in [2.45, 2.75) is 45.6 Å². The summed E-state index contributed by atoms with van der Waals surface area (Å²) in [7, 11) is 0. The number of alkyl halides is 2. The fraction of sp³-hybridized carbons (Fsp3) is 0.320. The molecular weight excluding hydrogens is 412 g/mol. The smallest absolute Gasteiger partial charge is 0.260 e. The van der Waals surface area contributed by atoms with Gasteiger partial charge >= 0.3 is 0 Å². The number of rotatable bonds is 7. The molecule has 1 fully saturated rings. The molecule has 1 saturated carbocycles. The third-order valence-electron chi connectivity index (χ3n) is 5.59. The summed E-state index contributed by atoms with van der Waals surface area (Å²) >= 11 is 0. The number of halogens is 2. The second-order valence-corrected chi connectivity index (χ2v) is 7.96. The zero-order valence-corrected chi connectivity index (χ0v) is 18.2. The quantitative estimate of drug-likeness (QED) is 0.570. The number of amides is 1. The molecule has 1 aromatic heterocycles. The first-order valence-corrected chi connectivity index (χ1v) is 10.4. The Hall–Kier alpha value is -3.37. The van der Waals surface area contributed by atoms with Crippen LogP contribution in [0.1, 0.15) is 44.7 Å². The zero-order valence-electron chi connectivity index (χ0n) is 18.2. The molecule has 2 aromatic rings. The fourth-order valence-electron chi connectivity index (χ4n) is 3.60. The Balaban J connectivity index is 1.95. The van der Waals surface area contributed by atoms with E-state index in [-0.39, 0.29) is 5.82 Å². The van der Waals surface area contributed by atoms with E-state index < -0.39 is 30.3 Å². The molecule has 0 spiro atoms. The van der Waals surface area contributed by atoms with Crippen molar-refractivity contribution in [1.29, 1.82) is 5.26 Å². The Labute approximate surface area is 185 Å². The van der Waals surface area contributed by atoms with E-state index in [9.17, 15) is 23.9 Å². The summed E-state index contributed by atoms with van der Waals surface area (Å²) in [5.41, 5.74) is 3.37. The first kappa shape index (κ1) is 23.3. The maximum atomic E-state index is 13.1. The predicted molar refractivity (Wildman–Crippen MR) is 121 cm³/mol. The van der Waals surface area contributed by atoms with Gasteiger partial charge in [0.2, 0.25) is 5.91 Å². The molecule has 3 rings (SSSR count). The Kier molecular flexibility index (Phi) is 6.56. The molecule has 0 saturated heterocycles. The number of pyridine rings is 1. The van der Waals surface area contributed by atoms with Crippen molar-refractivity contribution in [3.63, 3.8) is 0 Å². The number of fused-ring (bicyclic) bond motifs is 1. The van der Waals surface area contributed by atoms with Crippen molar-refractivity contribution in [3.05, 3.63) is 65.4 Å². The lowest BCUT2D eigenvalue weighted by Crippen LogP contribution is -2.18. The van der Waals surface area contributed by atoms with Gasteiger partial charge in [-0.3, -0.25) is 4.79 Å². The molecule has 0 bridgehead atoms. The highest BCUT2D eigenvalue weighted by Gasteiger charge is 2.61. The van der Waals surface area contributed by atoms with Gasteiger partial charge in [0.25, 0.3) is 5.92 Å². The number of anilines is 1. The SMILES string of the molecule is C=C(/C=C(C)\C(=C/C)c1cc2cnc(NC(=O)C3CC3(F)F)cc2cc1C#N)C(O)CC. The maximum Gasteiger partial charge on any atom is 0.260 e. The zero-order chi connectivity index (χ0) is 23.6. The second kappa shape index (κ2) is 9.01. The molecule has 1 aliphatic carbocycles. The van der Waals surface area contributed by atoms with Crippen LogP contribution in [0.3, 0.4) is 0 Å². The van der Waals surface area contributed by atoms with Gasteiger partial charge in [-0.05, 0) is 60.6 Å². The van der Waals surface area contributed by atoms with E-state index in [2.05, 4.69) is 22.9 Å². The van der Waals surface area contributed by atoms with E-state index in [0.717, 1.165) is 16.5 Å². The second-order valence-electron chi connectivity index (χ2n) is 7.96. The number of aliphatic hydroxyl groups excluding tert-OH is 1. The van der Waals surface area contributed by atoms with E-state index in [1.807, 2.05) is 32.9 Å². The van der Waals surface area contributed by atoms with Crippen molar-refractivity contribution in [2.75, 3.05) is 5.32 Å². The topological polar surface area (TPSA) is 86.0 Å². The minimum absolute atomic E-state index is 0.161. The summed E-state index contributed by atoms with van der Waals surface area (Å²) in [5, 5.41) is 23.6. The molecule has 166 valence electrons. The van der Waals surface area contributed by atoms with Gasteiger partial charge in [-0.25, -0.2) is 13.8 Å². The van der Waals surface area contributed by atoms with Gasteiger partial charge in [-0.15, -0.1) is 0 Å². The van der Waals surface area contributed by atoms with Crippen LogP contribution in [0.25, 0.3) is 16.3 Å². The van der Waals surface area contributed by atoms with Gasteiger partial charge in [0.05, 0.1) is 17.7 Å². The number of nitrogens with zero attached hydrogens (tertiary/aromatic N) is 2. The van der Waals surface area contributed by atoms with E-state index >= 15 is 0 Å². The predicted octanol–water partition coefficient (Wildman–Crippen LogP) is 5.38. The first-order valence-electron chi connectivity index (χ1n) is 10.4. The number of aliphatic hydroxyl groups is 1. The number of hydrogen-bond acceptors (Lipinski definition) is 4. The molecule has 1 heterocycles. The average Bonchev–Trinajstić information content (AvgIpc) is 3.41. The Morgan fingerprint density at radius 3 is 2.69 bits per heavy atom. The normalized spacial score (nSPS) is 18.7. The molecule has 0 radical (unpaired) electrons. The Bertz CT molecular complexity index is 1190. The third-order valence-corrected chi connectivity index (χ3v) is 5.59. The molecule has 7 heteroatoms. The van der Waals surface area contributed by atoms with Crippen LogP contribution in [0.15, 0.2) is 54.3 Å². The van der Waals surface area contributed by atoms with E-state index in [0.29, 0.717) is 28.5 Å². The molecule has 1 amide bonds. The molecular formula is C25H25F2N3O2. The number of carbonyl (C=O) groups is 1. The number of allylic oxidation sites excluding steroid dienone is 3. The van der Waals surface area contributed by atoms with Crippen LogP contribution in [0.4, 0.5) is 14.6 Å². The summed E-state index contributed by atoms with van der Waals surface area (Å²) in [4.78, 5) is 16.1. The summed E-state index contributed by atoms with van der Waals surface area (Å²) in [6.07, 6.45) is 4.69. The van der Waals surface area contributed by atoms with Crippen molar-refractivity contribution in [1.82, 2.24) is 4.98 Å². The summed E-state index contributed by atoms with van der Waals surface area (Å²) in [5.74, 6) is -4.86. The summed E-state index contributed by atoms with van der Waals surface area (Å²) in [6, 6.07) is 7.27. The molecule has 2 N–H and O–H groups in total. The monoisotopic (exact) mass is 437 g/mol. The lowest BCUT2D eigenvalue weighted by molar-refractivity contribution is -0.119. The molecule has 1 aliphatic rings. The van der Waals surface area contributed by atoms with Gasteiger partial charge in [0.15, 0.2) is 0 Å². The van der Waals surface area contributed by atoms with E-state index in [4.69, 9.17) is 0 Å². The van der Waals surface area contributed by atoms with Crippen LogP contribution < -0.4 is 5.32 Å². The largest absolute Gasteiger partial charge is 0.388 e. The number of carbonyl (C=O) groups excluding carboxylic acids is 1. The summed E-state index contributed by atoms with van der Waals surface area (Å²) in [6.45, 7) is 9.54. The maximum absolute atomic E-state index is 13.1. The van der Waals surface area contributed by atoms with Gasteiger partial charge in [-0.1, -0.05) is 25.7 Å². The molecule has 32 heavy (non-hydrogen) atoms. The van der Waals surface area contributed by atoms with Crippen LogP contribution in [-0.4, -0.2) is 28.0 Å². The molecule has 2 atom stereocenters. The summed E-state index contributed by atoms with van der Waals surface area (Å²) < 4.78 is 26.2. The van der Waals surface area contributed by atoms with E-state index in [1.165, 1.54) is 6.20 Å². The minimum atomic E-state index is -2.95. The molecule has 5 nitrogen and oxygen atoms in total. The Morgan fingerprint density at radius 1 is 1.44 bits per heavy atom. The van der Waals surface area contributed by atoms with Crippen molar-refractivity contribution in [3.8, 4) is 6.07 Å². The van der Waals surface area contributed by atoms with Crippen LogP contribution in [0.2, 0.25) is 0 Å². The number of hydrogen-bond donors (Lipinski definition) is 2. The highest BCUT2D eigenvalue weighted by Crippen LogP contribution is 2.49. The van der Waals surface area contributed by atoms with Gasteiger partial charge in [0.1, 0.15) is 11.7 Å². The highest BCUT2D eigenvalue weighted by atomic mass is 19.3. The highest BCUT2D eigenvalue weighted by molar-refractivity contribution is 5.97. The van der Waals surface area contributed by atoms with Crippen molar-refractivity contribution >= 4 is 28.1 Å². The van der Waals surface area contributed by atoms with Gasteiger partial charge in [0, 0.05) is 23.6 Å². The van der Waals surface area contributed by atoms with Crippen molar-refractivity contribution < 1.29 is 18.7 Å². The first-order chi connectivity index (χ1) is 15.1. The molecule has 2 unspecified atom stereocenters. The van der Waals surface area contributed by atoms with Crippen LogP contribution in [-0.2, 0) is 4.79 Å². The van der Waals surface area contributed by atoms with Gasteiger partial charge < -0.3 is 10.4 Å². The van der Waals surface area contributed by atoms with Crippen molar-refractivity contribution in [2.24, 2.45) is 5.92 Å². The number of nitriles is 1. The number of aromatic nitrogens is 1. The number of nitrogens with one attached hydrogen (secondary N) is 1. The van der Waals surface area contributed by atoms with Crippen LogP contribution >= 0.6 is 0 Å². The lowest BCUT2D eigenvalue weighted by atomic mass is 9.91. The fourth-order valence-corrected chi connectivity index (χ4v) is 3.60. The van der Waals surface area contributed by atoms with Crippen LogP contribution in [0, 0.1) is 17.2 Å². The lowest BCUT2D eigenvalue weighted by Gasteiger charge is -2.14. The standard InChI is InChI=1S/C25H25F2N3O2/c1-5-19(14(3)7-15(4)22(31)6-2)20-9-18-13-29-23(10-16(18)8-17(20)12-28)30-24(32)21-11-25(21,26)27/h5,7-10,13,21-22,31H,4,6,11H2,1-3H3,(H,29,30,32)/b14-7-,19-5+. The minimum Gasteiger partial charge on any atom is -0.388 e. The molecule has 1 aromatic carbocycles. The molecule has 0 aliphatic heterocycles. The average molecular weight is 437 g/mol. The third kappa shape index (κ3) is 4.76. The Morgan fingerprint density at radius 2 is 2.12 bits per heavy atom. The van der Waals surface area contributed by atoms with Crippen LogP contribution in [0.5, 0.6) is 0 Å².